The van der Waals surface area contributed by atoms with Gasteiger partial charge in [-0.15, -0.1) is 0 Å². The van der Waals surface area contributed by atoms with Gasteiger partial charge in [0.05, 0.1) is 0 Å². The molecule has 2 heteroatoms. The molecular formula is C13H30SiSn. The Bertz CT molecular complexity index is 208. The summed E-state index contributed by atoms with van der Waals surface area (Å²) in [5.74, 6) is 0. The van der Waals surface area contributed by atoms with Crippen molar-refractivity contribution in [2.24, 2.45) is 0 Å². The molecule has 0 saturated heterocycles. The van der Waals surface area contributed by atoms with E-state index >= 15 is 0 Å². The average Bonchev–Trinajstić information content (AvgIpc) is 2.00. The van der Waals surface area contributed by atoms with E-state index in [4.69, 9.17) is 0 Å². The minimum absolute atomic E-state index is 0.922. The maximum absolute atomic E-state index is 4.46. The fourth-order valence-electron chi connectivity index (χ4n) is 2.06. The van der Waals surface area contributed by atoms with Gasteiger partial charge in [0.1, 0.15) is 0 Å². The van der Waals surface area contributed by atoms with E-state index in [-0.39, 0.29) is 0 Å². The van der Waals surface area contributed by atoms with Crippen molar-refractivity contribution < 1.29 is 0 Å². The van der Waals surface area contributed by atoms with Gasteiger partial charge in [-0.05, 0) is 0 Å². The molecule has 0 amide bonds. The summed E-state index contributed by atoms with van der Waals surface area (Å²) in [5, 5.41) is 1.65. The van der Waals surface area contributed by atoms with Crippen LogP contribution in [0.25, 0.3) is 0 Å². The van der Waals surface area contributed by atoms with Crippen LogP contribution >= 0.6 is 0 Å². The van der Waals surface area contributed by atoms with Crippen LogP contribution in [0.15, 0.2) is 11.8 Å². The zero-order chi connectivity index (χ0) is 12.3. The molecule has 0 radical (unpaired) electrons. The van der Waals surface area contributed by atoms with E-state index in [1.807, 2.05) is 0 Å². The van der Waals surface area contributed by atoms with Crippen molar-refractivity contribution in [3.63, 3.8) is 0 Å². The molecular weight excluding hydrogens is 303 g/mol. The molecule has 90 valence electrons. The third kappa shape index (κ3) is 5.57. The van der Waals surface area contributed by atoms with Gasteiger partial charge >= 0.3 is 103 Å². The Hall–Kier alpha value is 0.756. The zero-order valence-corrected chi connectivity index (χ0v) is 15.8. The monoisotopic (exact) mass is 334 g/mol. The first-order valence-electron chi connectivity index (χ1n) is 6.30. The second kappa shape index (κ2) is 5.90. The Balaban J connectivity index is 4.72. The van der Waals surface area contributed by atoms with E-state index in [1.165, 1.54) is 19.3 Å². The molecule has 0 aromatic heterocycles. The summed E-state index contributed by atoms with van der Waals surface area (Å²) < 4.78 is 0.922. The van der Waals surface area contributed by atoms with Crippen molar-refractivity contribution in [3.05, 3.63) is 11.8 Å². The number of allylic oxidation sites excluding steroid dienone is 1. The standard InChI is InChI=1S/C10H21Si.3CH3.Sn/c1-6-7-8-9-10(2)11(3,4)5;;;;/h9H,2,6-8H2,1,3-5H3;3*1H3;. The molecule has 0 aromatic carbocycles. The fraction of sp³-hybridized carbons (Fsp3) is 0.846. The van der Waals surface area contributed by atoms with Crippen molar-refractivity contribution in [1.29, 1.82) is 0 Å². The van der Waals surface area contributed by atoms with Crippen LogP contribution in [0.4, 0.5) is 0 Å². The summed E-state index contributed by atoms with van der Waals surface area (Å²) in [6, 6.07) is 0. The second-order valence-electron chi connectivity index (χ2n) is 6.84. The first kappa shape index (κ1) is 15.8. The van der Waals surface area contributed by atoms with Gasteiger partial charge in [0.15, 0.2) is 0 Å². The van der Waals surface area contributed by atoms with Crippen LogP contribution in [0.2, 0.25) is 38.4 Å². The predicted molar refractivity (Wildman–Crippen MR) is 79.1 cm³/mol. The third-order valence-electron chi connectivity index (χ3n) is 3.28. The molecule has 0 aliphatic carbocycles. The van der Waals surface area contributed by atoms with Crippen LogP contribution < -0.4 is 0 Å². The van der Waals surface area contributed by atoms with E-state index < -0.39 is 26.5 Å². The van der Waals surface area contributed by atoms with Crippen LogP contribution in [0.3, 0.4) is 0 Å². The molecule has 0 rings (SSSR count). The van der Waals surface area contributed by atoms with Crippen LogP contribution in [0.1, 0.15) is 26.2 Å². The van der Waals surface area contributed by atoms with Crippen LogP contribution in [0.5, 0.6) is 0 Å². The van der Waals surface area contributed by atoms with Gasteiger partial charge < -0.3 is 0 Å². The van der Waals surface area contributed by atoms with E-state index in [2.05, 4.69) is 48.0 Å². The van der Waals surface area contributed by atoms with Gasteiger partial charge in [0, 0.05) is 0 Å². The molecule has 0 saturated carbocycles. The second-order valence-corrected chi connectivity index (χ2v) is 27.5. The van der Waals surface area contributed by atoms with Gasteiger partial charge in [0.2, 0.25) is 0 Å². The number of hydrogen-bond acceptors (Lipinski definition) is 0. The fourth-order valence-corrected chi connectivity index (χ4v) is 15.9. The van der Waals surface area contributed by atoms with Crippen LogP contribution in [-0.4, -0.2) is 26.5 Å². The Kier molecular flexibility index (Phi) is 6.20. The SMILES string of the molecule is C=C([CH](CCCC)[Sn]([CH3])([CH3])[CH3])[Si](C)(C)C. The summed E-state index contributed by atoms with van der Waals surface area (Å²) in [6.07, 6.45) is 4.14. The summed E-state index contributed by atoms with van der Waals surface area (Å²) in [7, 11) is -1.13. The predicted octanol–water partition coefficient (Wildman–Crippen LogP) is 5.32. The van der Waals surface area contributed by atoms with E-state index in [9.17, 15) is 0 Å². The molecule has 15 heavy (non-hydrogen) atoms. The first-order valence-corrected chi connectivity index (χ1v) is 20.0. The molecule has 1 atom stereocenters. The quantitative estimate of drug-likeness (QED) is 0.577. The molecule has 1 unspecified atom stereocenters. The first-order chi connectivity index (χ1) is 6.60. The number of rotatable bonds is 6. The Morgan fingerprint density at radius 2 is 1.67 bits per heavy atom. The van der Waals surface area contributed by atoms with E-state index in [0.717, 1.165) is 3.93 Å². The average molecular weight is 333 g/mol. The van der Waals surface area contributed by atoms with Crippen molar-refractivity contribution in [2.75, 3.05) is 0 Å². The van der Waals surface area contributed by atoms with Crippen molar-refractivity contribution in [1.82, 2.24) is 0 Å². The molecule has 0 spiro atoms. The van der Waals surface area contributed by atoms with Crippen molar-refractivity contribution in [3.8, 4) is 0 Å². The minimum atomic E-state index is -1.80. The Labute approximate surface area is 102 Å². The van der Waals surface area contributed by atoms with Gasteiger partial charge in [-0.25, -0.2) is 0 Å². The summed E-state index contributed by atoms with van der Waals surface area (Å²) in [5.41, 5.74) is 0. The molecule has 0 aliphatic heterocycles. The van der Waals surface area contributed by atoms with Crippen LogP contribution in [0, 0.1) is 0 Å². The zero-order valence-electron chi connectivity index (χ0n) is 11.9. The molecule has 0 aliphatic rings. The van der Waals surface area contributed by atoms with Gasteiger partial charge in [-0.1, -0.05) is 0 Å². The molecule has 0 nitrogen and oxygen atoms in total. The Morgan fingerprint density at radius 1 is 1.20 bits per heavy atom. The van der Waals surface area contributed by atoms with Gasteiger partial charge in [-0.3, -0.25) is 0 Å². The third-order valence-corrected chi connectivity index (χ3v) is 14.2. The summed E-state index contributed by atoms with van der Waals surface area (Å²) >= 11 is -1.80. The summed E-state index contributed by atoms with van der Waals surface area (Å²) in [6.45, 7) is 14.1. The number of unbranched alkanes of at least 4 members (excludes halogenated alkanes) is 1. The Morgan fingerprint density at radius 3 is 1.93 bits per heavy atom. The number of hydrogen-bond donors (Lipinski definition) is 0. The molecule has 0 bridgehead atoms. The topological polar surface area (TPSA) is 0 Å². The van der Waals surface area contributed by atoms with Gasteiger partial charge in [-0.2, -0.15) is 0 Å². The summed E-state index contributed by atoms with van der Waals surface area (Å²) in [4.78, 5) is 7.71. The van der Waals surface area contributed by atoms with Crippen molar-refractivity contribution in [2.45, 2.75) is 64.6 Å². The molecule has 0 fully saturated rings. The molecule has 0 aromatic rings. The van der Waals surface area contributed by atoms with E-state index in [0.29, 0.717) is 0 Å². The van der Waals surface area contributed by atoms with E-state index in [1.54, 1.807) is 5.20 Å². The van der Waals surface area contributed by atoms with Crippen LogP contribution in [-0.2, 0) is 0 Å². The normalized spacial score (nSPS) is 15.1. The molecule has 0 N–H and O–H groups in total. The van der Waals surface area contributed by atoms with Crippen molar-refractivity contribution >= 4 is 26.5 Å². The molecule has 0 heterocycles. The van der Waals surface area contributed by atoms with Gasteiger partial charge in [0.25, 0.3) is 0 Å². The maximum atomic E-state index is 4.46.